The third-order valence-corrected chi connectivity index (χ3v) is 10.1. The summed E-state index contributed by atoms with van der Waals surface area (Å²) in [7, 11) is 3.31. The van der Waals surface area contributed by atoms with E-state index in [4.69, 9.17) is 10.2 Å². The van der Waals surface area contributed by atoms with Crippen LogP contribution in [0, 0.1) is 0 Å². The highest BCUT2D eigenvalue weighted by atomic mass is 16.4. The lowest BCUT2D eigenvalue weighted by Crippen LogP contribution is -2.49. The summed E-state index contributed by atoms with van der Waals surface area (Å²) in [4.78, 5) is 45.0. The number of aromatic nitrogens is 4. The van der Waals surface area contributed by atoms with Gasteiger partial charge in [0.1, 0.15) is 48.3 Å². The summed E-state index contributed by atoms with van der Waals surface area (Å²) in [5.41, 5.74) is 4.98. The molecule has 0 aliphatic carbocycles. The predicted octanol–water partition coefficient (Wildman–Crippen LogP) is -3.03. The van der Waals surface area contributed by atoms with Crippen LogP contribution in [0.1, 0.15) is 20.7 Å². The van der Waals surface area contributed by atoms with Crippen molar-refractivity contribution in [1.82, 2.24) is 40.4 Å². The zero-order chi connectivity index (χ0) is 43.7. The summed E-state index contributed by atoms with van der Waals surface area (Å²) < 4.78 is 0. The maximum absolute atomic E-state index is 12.9. The van der Waals surface area contributed by atoms with Gasteiger partial charge in [-0.15, -0.1) is 0 Å². The van der Waals surface area contributed by atoms with Crippen LogP contribution in [-0.4, -0.2) is 208 Å². The molecular formula is C40H54N8O12. The molecule has 326 valence electrons. The lowest BCUT2D eigenvalue weighted by atomic mass is 10.0. The summed E-state index contributed by atoms with van der Waals surface area (Å²) in [6.07, 6.45) is -12.8. The van der Waals surface area contributed by atoms with Crippen molar-refractivity contribution in [2.45, 2.75) is 48.8 Å². The quantitative estimate of drug-likeness (QED) is 0.0330. The molecule has 0 spiro atoms. The van der Waals surface area contributed by atoms with Gasteiger partial charge in [-0.3, -0.25) is 9.59 Å². The number of hydrogen-bond acceptors (Lipinski definition) is 16. The zero-order valence-corrected chi connectivity index (χ0v) is 33.1. The third kappa shape index (κ3) is 11.7. The van der Waals surface area contributed by atoms with E-state index in [1.54, 1.807) is 60.3 Å². The van der Waals surface area contributed by atoms with E-state index in [0.717, 1.165) is 11.1 Å². The number of aromatic amines is 2. The van der Waals surface area contributed by atoms with Crippen LogP contribution >= 0.6 is 0 Å². The molecule has 0 unspecified atom stereocenters. The second-order valence-electron chi connectivity index (χ2n) is 14.8. The first-order valence-electron chi connectivity index (χ1n) is 19.3. The first kappa shape index (κ1) is 46.1. The fourth-order valence-corrected chi connectivity index (χ4v) is 6.45. The number of carbonyl (C=O) groups excluding carboxylic acids is 2. The number of nitrogens with one attached hydrogen (secondary N) is 4. The lowest BCUT2D eigenvalue weighted by molar-refractivity contribution is -0.118. The monoisotopic (exact) mass is 838 g/mol. The highest BCUT2D eigenvalue weighted by Crippen LogP contribution is 2.26. The number of amides is 2. The Labute approximate surface area is 344 Å². The molecule has 2 amide bonds. The van der Waals surface area contributed by atoms with Crippen LogP contribution < -0.4 is 10.6 Å². The number of aliphatic hydroxyl groups excluding tert-OH is 10. The predicted molar refractivity (Wildman–Crippen MR) is 219 cm³/mol. The Kier molecular flexibility index (Phi) is 16.2. The van der Waals surface area contributed by atoms with E-state index in [0.29, 0.717) is 57.9 Å². The van der Waals surface area contributed by atoms with E-state index in [-0.39, 0.29) is 38.0 Å². The number of H-pyrrole nitrogens is 2. The Hall–Kier alpha value is -4.94. The molecule has 0 aliphatic heterocycles. The van der Waals surface area contributed by atoms with Gasteiger partial charge in [-0.05, 0) is 50.5 Å². The summed E-state index contributed by atoms with van der Waals surface area (Å²) in [6, 6.07) is 17.7. The highest BCUT2D eigenvalue weighted by molar-refractivity contribution is 5.98. The number of imidazole rings is 2. The summed E-state index contributed by atoms with van der Waals surface area (Å²) >= 11 is 0. The van der Waals surface area contributed by atoms with Crippen molar-refractivity contribution in [1.29, 1.82) is 0 Å². The molecule has 5 aromatic rings. The average molecular weight is 839 g/mol. The Balaban J connectivity index is 1.12. The molecule has 14 N–H and O–H groups in total. The van der Waals surface area contributed by atoms with Crippen molar-refractivity contribution in [3.05, 3.63) is 71.8 Å². The topological polar surface area (TPSA) is 324 Å². The fraction of sp³-hybridized carbons (Fsp3) is 0.450. The molecule has 0 fully saturated rings. The van der Waals surface area contributed by atoms with Crippen LogP contribution in [-0.2, 0) is 0 Å². The molecule has 0 bridgehead atoms. The van der Waals surface area contributed by atoms with Gasteiger partial charge in [0.2, 0.25) is 0 Å². The largest absolute Gasteiger partial charge is 0.394 e. The van der Waals surface area contributed by atoms with Gasteiger partial charge < -0.3 is 81.5 Å². The Bertz CT molecular complexity index is 2020. The van der Waals surface area contributed by atoms with Crippen molar-refractivity contribution in [2.75, 3.05) is 66.6 Å². The van der Waals surface area contributed by atoms with Gasteiger partial charge in [0.05, 0.1) is 47.5 Å². The average Bonchev–Trinajstić information content (AvgIpc) is 3.88. The summed E-state index contributed by atoms with van der Waals surface area (Å²) in [6.45, 7) is -0.595. The van der Waals surface area contributed by atoms with Crippen molar-refractivity contribution < 1.29 is 60.7 Å². The number of carbonyl (C=O) groups is 2. The lowest BCUT2D eigenvalue weighted by Gasteiger charge is -2.28. The number of likely N-dealkylation sites (N-methyl/N-ethyl adjacent to an activating group) is 2. The number of rotatable bonds is 22. The SMILES string of the molecule is CN(CCNC(=O)c1ccc2nc(-c3ccc(-c4nc5ccc(C(=O)NCCN(C)C[C@H](O)[C@@H](O)[C@H](O)[C@H](O)CO)cc5[nH]4)cc3)[nH]c2c1)C[C@@H](O)[C@H](O)[C@@H](O)[C@@H](O)CO. The Morgan fingerprint density at radius 3 is 1.27 bits per heavy atom. The minimum absolute atomic E-state index is 0.0583. The molecule has 5 rings (SSSR count). The maximum atomic E-state index is 12.9. The molecule has 2 heterocycles. The van der Waals surface area contributed by atoms with Crippen LogP contribution in [0.2, 0.25) is 0 Å². The van der Waals surface area contributed by atoms with E-state index in [2.05, 4.69) is 30.6 Å². The van der Waals surface area contributed by atoms with Gasteiger partial charge in [-0.25, -0.2) is 9.97 Å². The Morgan fingerprint density at radius 2 is 0.917 bits per heavy atom. The molecule has 0 radical (unpaired) electrons. The van der Waals surface area contributed by atoms with Crippen LogP contribution in [0.25, 0.3) is 44.8 Å². The van der Waals surface area contributed by atoms with Crippen molar-refractivity contribution in [3.8, 4) is 22.8 Å². The second-order valence-corrected chi connectivity index (χ2v) is 14.8. The number of fused-ring (bicyclic) bond motifs is 2. The van der Waals surface area contributed by atoms with Gasteiger partial charge in [0.15, 0.2) is 0 Å². The van der Waals surface area contributed by atoms with Gasteiger partial charge in [0, 0.05) is 61.5 Å². The van der Waals surface area contributed by atoms with Crippen LogP contribution in [0.15, 0.2) is 60.7 Å². The molecule has 0 aliphatic rings. The summed E-state index contributed by atoms with van der Waals surface area (Å²) in [5.74, 6) is 0.513. The molecule has 60 heavy (non-hydrogen) atoms. The minimum atomic E-state index is -1.72. The molecule has 0 saturated carbocycles. The van der Waals surface area contributed by atoms with Crippen molar-refractivity contribution in [2.24, 2.45) is 0 Å². The molecule has 8 atom stereocenters. The zero-order valence-electron chi connectivity index (χ0n) is 33.1. The van der Waals surface area contributed by atoms with Gasteiger partial charge in [-0.2, -0.15) is 0 Å². The first-order chi connectivity index (χ1) is 28.6. The Morgan fingerprint density at radius 1 is 0.567 bits per heavy atom. The third-order valence-electron chi connectivity index (χ3n) is 10.1. The van der Waals surface area contributed by atoms with Crippen molar-refractivity contribution in [3.63, 3.8) is 0 Å². The maximum Gasteiger partial charge on any atom is 0.251 e. The number of benzene rings is 3. The highest BCUT2D eigenvalue weighted by Gasteiger charge is 2.31. The van der Waals surface area contributed by atoms with Crippen LogP contribution in [0.3, 0.4) is 0 Å². The van der Waals surface area contributed by atoms with E-state index in [1.807, 2.05) is 24.3 Å². The molecular weight excluding hydrogens is 784 g/mol. The number of aliphatic hydroxyl groups is 10. The normalized spacial score (nSPS) is 16.1. The van der Waals surface area contributed by atoms with Crippen LogP contribution in [0.5, 0.6) is 0 Å². The molecule has 3 aromatic carbocycles. The fourth-order valence-electron chi connectivity index (χ4n) is 6.45. The smallest absolute Gasteiger partial charge is 0.251 e. The first-order valence-corrected chi connectivity index (χ1v) is 19.3. The van der Waals surface area contributed by atoms with E-state index >= 15 is 0 Å². The summed E-state index contributed by atoms with van der Waals surface area (Å²) in [5, 5.41) is 103. The molecule has 0 saturated heterocycles. The second kappa shape index (κ2) is 21.0. The molecule has 20 heteroatoms. The minimum Gasteiger partial charge on any atom is -0.394 e. The van der Waals surface area contributed by atoms with E-state index in [9.17, 15) is 50.4 Å². The van der Waals surface area contributed by atoms with Gasteiger partial charge >= 0.3 is 0 Å². The number of hydrogen-bond donors (Lipinski definition) is 14. The molecule has 20 nitrogen and oxygen atoms in total. The number of nitrogens with zero attached hydrogens (tertiary/aromatic N) is 4. The van der Waals surface area contributed by atoms with Gasteiger partial charge in [0.25, 0.3) is 11.8 Å². The van der Waals surface area contributed by atoms with E-state index < -0.39 is 62.0 Å². The standard InChI is InChI=1S/C40H54N8O12/c1-47(17-29(51)33(55)35(57)31(53)19-49)13-11-41-39(59)23-7-9-25-27(15-23)45-37(43-25)21-3-5-22(6-4-21)38-44-26-10-8-24(16-28(26)46-38)40(60)42-12-14-48(2)18-30(52)34(56)36(58)32(54)20-50/h3-10,15-16,29-36,49-58H,11-14,17-20H2,1-2H3,(H,41,59)(H,42,60)(H,43,45)(H,44,46)/t29-,30+,31+,32-,33+,34-,35+,36-. The van der Waals surface area contributed by atoms with Crippen LogP contribution in [0.4, 0.5) is 0 Å². The van der Waals surface area contributed by atoms with Gasteiger partial charge in [-0.1, -0.05) is 24.3 Å². The molecule has 2 aromatic heterocycles. The van der Waals surface area contributed by atoms with E-state index in [1.165, 1.54) is 0 Å². The van der Waals surface area contributed by atoms with Crippen molar-refractivity contribution >= 4 is 33.9 Å².